The fourth-order valence-corrected chi connectivity index (χ4v) is 3.68. The van der Waals surface area contributed by atoms with Crippen LogP contribution in [0.15, 0.2) is 88.0 Å². The van der Waals surface area contributed by atoms with Crippen LogP contribution in [0.3, 0.4) is 0 Å². The lowest BCUT2D eigenvalue weighted by molar-refractivity contribution is -0.118. The van der Waals surface area contributed by atoms with Crippen LogP contribution in [-0.4, -0.2) is 42.6 Å². The Kier molecular flexibility index (Phi) is 6.80. The topological polar surface area (TPSA) is 98.0 Å². The lowest BCUT2D eigenvalue weighted by atomic mass is 10.2. The molecule has 4 aromatic rings. The number of amides is 1. The number of thioether (sulfide) groups is 1. The number of nitrogens with zero attached hydrogens (tertiary/aromatic N) is 6. The highest BCUT2D eigenvalue weighted by Gasteiger charge is 2.17. The van der Waals surface area contributed by atoms with Gasteiger partial charge in [0.05, 0.1) is 12.0 Å². The Morgan fingerprint density at radius 1 is 1.06 bits per heavy atom. The van der Waals surface area contributed by atoms with Crippen LogP contribution >= 0.6 is 27.7 Å². The summed E-state index contributed by atoms with van der Waals surface area (Å²) in [4.78, 5) is 20.3. The maximum absolute atomic E-state index is 12.2. The van der Waals surface area contributed by atoms with Crippen molar-refractivity contribution in [3.05, 3.63) is 83.4 Å². The monoisotopic (exact) mass is 493 g/mol. The van der Waals surface area contributed by atoms with Crippen LogP contribution in [0.2, 0.25) is 0 Å². The van der Waals surface area contributed by atoms with E-state index in [1.165, 1.54) is 11.8 Å². The van der Waals surface area contributed by atoms with Crippen LogP contribution in [-0.2, 0) is 4.79 Å². The van der Waals surface area contributed by atoms with Crippen molar-refractivity contribution in [3.63, 3.8) is 0 Å². The van der Waals surface area contributed by atoms with E-state index in [1.54, 1.807) is 37.1 Å². The van der Waals surface area contributed by atoms with Crippen molar-refractivity contribution < 1.29 is 4.79 Å². The molecule has 154 valence electrons. The molecule has 0 unspecified atom stereocenters. The SMILES string of the molecule is O=C(CSc1nnc(-c2ccncc2)n1-c1ccc(Br)cc1)N/N=C\c1cccnc1. The second-order valence-electron chi connectivity index (χ2n) is 6.22. The molecule has 0 saturated heterocycles. The number of benzene rings is 1. The van der Waals surface area contributed by atoms with Crippen molar-refractivity contribution in [2.75, 3.05) is 5.75 Å². The fraction of sp³-hybridized carbons (Fsp3) is 0.0476. The molecule has 0 fully saturated rings. The summed E-state index contributed by atoms with van der Waals surface area (Å²) in [5.41, 5.74) is 5.08. The average Bonchev–Trinajstić information content (AvgIpc) is 3.23. The first-order valence-corrected chi connectivity index (χ1v) is 10.9. The Hall–Kier alpha value is -3.37. The van der Waals surface area contributed by atoms with Crippen LogP contribution in [0.25, 0.3) is 17.1 Å². The van der Waals surface area contributed by atoms with Crippen molar-refractivity contribution in [1.29, 1.82) is 0 Å². The van der Waals surface area contributed by atoms with Gasteiger partial charge in [-0.2, -0.15) is 5.10 Å². The first kappa shape index (κ1) is 20.9. The van der Waals surface area contributed by atoms with Gasteiger partial charge in [-0.25, -0.2) is 5.43 Å². The third-order valence-corrected chi connectivity index (χ3v) is 5.53. The van der Waals surface area contributed by atoms with Gasteiger partial charge < -0.3 is 0 Å². The quantitative estimate of drug-likeness (QED) is 0.239. The molecule has 1 amide bonds. The molecule has 8 nitrogen and oxygen atoms in total. The van der Waals surface area contributed by atoms with E-state index in [9.17, 15) is 4.79 Å². The van der Waals surface area contributed by atoms with Gasteiger partial charge in [-0.1, -0.05) is 33.8 Å². The van der Waals surface area contributed by atoms with Crippen molar-refractivity contribution in [2.45, 2.75) is 5.16 Å². The van der Waals surface area contributed by atoms with Gasteiger partial charge in [0.2, 0.25) is 0 Å². The number of aromatic nitrogens is 5. The third kappa shape index (κ3) is 5.41. The van der Waals surface area contributed by atoms with Gasteiger partial charge in [0.25, 0.3) is 5.91 Å². The summed E-state index contributed by atoms with van der Waals surface area (Å²) in [6.45, 7) is 0. The second-order valence-corrected chi connectivity index (χ2v) is 8.08. The predicted molar refractivity (Wildman–Crippen MR) is 123 cm³/mol. The maximum atomic E-state index is 12.2. The van der Waals surface area contributed by atoms with Crippen molar-refractivity contribution >= 4 is 39.8 Å². The molecule has 1 N–H and O–H groups in total. The van der Waals surface area contributed by atoms with E-state index in [4.69, 9.17) is 0 Å². The molecule has 1 aromatic carbocycles. The van der Waals surface area contributed by atoms with Gasteiger partial charge in [-0.3, -0.25) is 19.3 Å². The van der Waals surface area contributed by atoms with Gasteiger partial charge in [0.15, 0.2) is 11.0 Å². The zero-order valence-corrected chi connectivity index (χ0v) is 18.5. The normalized spacial score (nSPS) is 11.0. The van der Waals surface area contributed by atoms with Crippen LogP contribution in [0, 0.1) is 0 Å². The van der Waals surface area contributed by atoms with Crippen molar-refractivity contribution in [3.8, 4) is 17.1 Å². The molecule has 0 radical (unpaired) electrons. The summed E-state index contributed by atoms with van der Waals surface area (Å²) in [6, 6.07) is 15.2. The summed E-state index contributed by atoms with van der Waals surface area (Å²) in [5, 5.41) is 13.2. The van der Waals surface area contributed by atoms with Crippen molar-refractivity contribution in [2.24, 2.45) is 5.10 Å². The molecule has 0 saturated carbocycles. The van der Waals surface area contributed by atoms with Gasteiger partial charge in [0, 0.05) is 46.1 Å². The van der Waals surface area contributed by atoms with Crippen LogP contribution in [0.4, 0.5) is 0 Å². The molecule has 3 aromatic heterocycles. The smallest absolute Gasteiger partial charge is 0.250 e. The van der Waals surface area contributed by atoms with Gasteiger partial charge >= 0.3 is 0 Å². The molecule has 31 heavy (non-hydrogen) atoms. The largest absolute Gasteiger partial charge is 0.272 e. The zero-order valence-electron chi connectivity index (χ0n) is 16.1. The lowest BCUT2D eigenvalue weighted by Crippen LogP contribution is -2.20. The molecule has 0 bridgehead atoms. The van der Waals surface area contributed by atoms with Crippen molar-refractivity contribution in [1.82, 2.24) is 30.2 Å². The summed E-state index contributed by atoms with van der Waals surface area (Å²) in [6.07, 6.45) is 8.29. The minimum absolute atomic E-state index is 0.134. The molecular weight excluding hydrogens is 478 g/mol. The summed E-state index contributed by atoms with van der Waals surface area (Å²) < 4.78 is 2.88. The van der Waals surface area contributed by atoms with Crippen LogP contribution in [0.1, 0.15) is 5.56 Å². The third-order valence-electron chi connectivity index (χ3n) is 4.08. The van der Waals surface area contributed by atoms with Crippen LogP contribution in [0.5, 0.6) is 0 Å². The molecule has 0 spiro atoms. The number of pyridine rings is 2. The minimum Gasteiger partial charge on any atom is -0.272 e. The first-order valence-electron chi connectivity index (χ1n) is 9.17. The van der Waals surface area contributed by atoms with Crippen LogP contribution < -0.4 is 5.43 Å². The number of nitrogens with one attached hydrogen (secondary N) is 1. The fourth-order valence-electron chi connectivity index (χ4n) is 2.67. The zero-order chi connectivity index (χ0) is 21.5. The highest BCUT2D eigenvalue weighted by atomic mass is 79.9. The van der Waals surface area contributed by atoms with E-state index in [2.05, 4.69) is 46.6 Å². The molecule has 3 heterocycles. The Balaban J connectivity index is 1.51. The Labute approximate surface area is 191 Å². The highest BCUT2D eigenvalue weighted by molar-refractivity contribution is 9.10. The van der Waals surface area contributed by atoms with Gasteiger partial charge in [0.1, 0.15) is 0 Å². The Bertz CT molecular complexity index is 1180. The number of carbonyl (C=O) groups is 1. The number of hydrogen-bond donors (Lipinski definition) is 1. The Morgan fingerprint density at radius 3 is 2.61 bits per heavy atom. The van der Waals surface area contributed by atoms with Gasteiger partial charge in [-0.05, 0) is 42.5 Å². The highest BCUT2D eigenvalue weighted by Crippen LogP contribution is 2.28. The molecule has 0 atom stereocenters. The van der Waals surface area contributed by atoms with E-state index >= 15 is 0 Å². The summed E-state index contributed by atoms with van der Waals surface area (Å²) in [5.74, 6) is 0.554. The second kappa shape index (κ2) is 10.1. The number of hydrazone groups is 1. The van der Waals surface area contributed by atoms with E-state index in [0.29, 0.717) is 11.0 Å². The maximum Gasteiger partial charge on any atom is 0.250 e. The van der Waals surface area contributed by atoms with E-state index in [1.807, 2.05) is 47.0 Å². The molecular formula is C21H16BrN7OS. The van der Waals surface area contributed by atoms with E-state index in [-0.39, 0.29) is 11.7 Å². The van der Waals surface area contributed by atoms with E-state index in [0.717, 1.165) is 21.3 Å². The first-order chi connectivity index (χ1) is 15.2. The molecule has 4 rings (SSSR count). The molecule has 0 aliphatic rings. The number of halogens is 1. The Morgan fingerprint density at radius 2 is 1.87 bits per heavy atom. The molecule has 0 aliphatic carbocycles. The standard InChI is InChI=1S/C21H16BrN7OS/c22-17-3-5-18(6-4-17)29-20(16-7-10-23-11-8-16)27-28-21(29)31-14-19(30)26-25-13-15-2-1-9-24-12-15/h1-13H,14H2,(H,26,30)/b25-13-. The molecule has 10 heteroatoms. The van der Waals surface area contributed by atoms with Gasteiger partial charge in [-0.15, -0.1) is 10.2 Å². The number of carbonyl (C=O) groups excluding carboxylic acids is 1. The van der Waals surface area contributed by atoms with E-state index < -0.39 is 0 Å². The summed E-state index contributed by atoms with van der Waals surface area (Å²) >= 11 is 4.74. The minimum atomic E-state index is -0.249. The number of rotatable bonds is 7. The lowest BCUT2D eigenvalue weighted by Gasteiger charge is -2.10. The summed E-state index contributed by atoms with van der Waals surface area (Å²) in [7, 11) is 0. The average molecular weight is 494 g/mol. The predicted octanol–water partition coefficient (Wildman–Crippen LogP) is 3.73. The molecule has 0 aliphatic heterocycles. The number of hydrogen-bond acceptors (Lipinski definition) is 7.